The van der Waals surface area contributed by atoms with Crippen molar-refractivity contribution in [2.45, 2.75) is 26.4 Å². The third-order valence-electron chi connectivity index (χ3n) is 2.54. The van der Waals surface area contributed by atoms with Crippen molar-refractivity contribution in [2.75, 3.05) is 19.8 Å². The van der Waals surface area contributed by atoms with E-state index < -0.39 is 6.10 Å². The van der Waals surface area contributed by atoms with Crippen LogP contribution in [0.4, 0.5) is 0 Å². The lowest BCUT2D eigenvalue weighted by molar-refractivity contribution is -0.122. The molecule has 1 unspecified atom stereocenters. The molecule has 0 heterocycles. The van der Waals surface area contributed by atoms with Crippen LogP contribution in [-0.2, 0) is 4.79 Å². The van der Waals surface area contributed by atoms with Crippen molar-refractivity contribution in [1.82, 2.24) is 5.32 Å². The molecule has 0 bridgehead atoms. The van der Waals surface area contributed by atoms with Crippen LogP contribution in [0.5, 0.6) is 5.75 Å². The molecule has 1 amide bonds. The molecule has 0 saturated heterocycles. The van der Waals surface area contributed by atoms with E-state index in [4.69, 9.17) is 14.9 Å². The van der Waals surface area contributed by atoms with Gasteiger partial charge in [-0.05, 0) is 37.1 Å². The highest BCUT2D eigenvalue weighted by atomic mass is 16.5. The van der Waals surface area contributed by atoms with Gasteiger partial charge in [0.05, 0.1) is 25.7 Å². The monoisotopic (exact) mass is 267 g/mol. The fourth-order valence-electron chi connectivity index (χ4n) is 1.66. The van der Waals surface area contributed by atoms with Crippen LogP contribution in [0.2, 0.25) is 0 Å². The summed E-state index contributed by atoms with van der Waals surface area (Å²) >= 11 is 0. The maximum Gasteiger partial charge on any atom is 0.223 e. The molecule has 0 saturated carbocycles. The zero-order valence-electron chi connectivity index (χ0n) is 11.3. The Labute approximate surface area is 113 Å². The summed E-state index contributed by atoms with van der Waals surface area (Å²) in [4.78, 5) is 11.4. The minimum absolute atomic E-state index is 0.0545. The number of hydrogen-bond donors (Lipinski definition) is 3. The third kappa shape index (κ3) is 6.22. The number of aryl methyl sites for hydroxylation is 2. The highest BCUT2D eigenvalue weighted by Crippen LogP contribution is 2.16. The Morgan fingerprint density at radius 1 is 1.32 bits per heavy atom. The van der Waals surface area contributed by atoms with Gasteiger partial charge in [0.1, 0.15) is 5.75 Å². The number of aliphatic hydroxyl groups is 2. The van der Waals surface area contributed by atoms with Crippen LogP contribution in [0.3, 0.4) is 0 Å². The topological polar surface area (TPSA) is 78.8 Å². The zero-order valence-corrected chi connectivity index (χ0v) is 11.3. The zero-order chi connectivity index (χ0) is 14.3. The van der Waals surface area contributed by atoms with Gasteiger partial charge in [-0.15, -0.1) is 0 Å². The first-order chi connectivity index (χ1) is 9.01. The summed E-state index contributed by atoms with van der Waals surface area (Å²) in [6, 6.07) is 5.89. The number of nitrogens with one attached hydrogen (secondary N) is 1. The van der Waals surface area contributed by atoms with Gasteiger partial charge in [-0.1, -0.05) is 6.07 Å². The summed E-state index contributed by atoms with van der Waals surface area (Å²) in [6.07, 6.45) is -0.699. The quantitative estimate of drug-likeness (QED) is 0.674. The van der Waals surface area contributed by atoms with Crippen LogP contribution >= 0.6 is 0 Å². The molecule has 0 spiro atoms. The molecule has 19 heavy (non-hydrogen) atoms. The standard InChI is InChI=1S/C14H21NO4/c1-10-5-11(2)7-13(6-10)19-4-3-14(18)15-8-12(17)9-16/h5-7,12,16-17H,3-4,8-9H2,1-2H3,(H,15,18). The van der Waals surface area contributed by atoms with Gasteiger partial charge in [0.15, 0.2) is 0 Å². The van der Waals surface area contributed by atoms with Gasteiger partial charge in [0.2, 0.25) is 5.91 Å². The number of amides is 1. The number of carbonyl (C=O) groups is 1. The molecule has 1 atom stereocenters. The van der Waals surface area contributed by atoms with Gasteiger partial charge in [-0.25, -0.2) is 0 Å². The highest BCUT2D eigenvalue weighted by Gasteiger charge is 2.06. The second-order valence-corrected chi connectivity index (χ2v) is 4.56. The molecule has 0 aliphatic rings. The predicted octanol–water partition coefficient (Wildman–Crippen LogP) is 0.542. The summed E-state index contributed by atoms with van der Waals surface area (Å²) in [7, 11) is 0. The first-order valence-electron chi connectivity index (χ1n) is 6.28. The lowest BCUT2D eigenvalue weighted by Gasteiger charge is -2.10. The average Bonchev–Trinajstić information content (AvgIpc) is 2.34. The molecule has 1 aromatic carbocycles. The Hall–Kier alpha value is -1.59. The number of carbonyl (C=O) groups excluding carboxylic acids is 1. The van der Waals surface area contributed by atoms with Crippen molar-refractivity contribution < 1.29 is 19.7 Å². The minimum atomic E-state index is -0.913. The van der Waals surface area contributed by atoms with E-state index in [0.29, 0.717) is 0 Å². The molecule has 0 fully saturated rings. The van der Waals surface area contributed by atoms with Crippen LogP contribution < -0.4 is 10.1 Å². The van der Waals surface area contributed by atoms with E-state index in [2.05, 4.69) is 11.4 Å². The molecule has 0 radical (unpaired) electrons. The number of aliphatic hydroxyl groups excluding tert-OH is 2. The van der Waals surface area contributed by atoms with Crippen LogP contribution in [0.1, 0.15) is 17.5 Å². The SMILES string of the molecule is Cc1cc(C)cc(OCCC(=O)NCC(O)CO)c1. The van der Waals surface area contributed by atoms with Crippen LogP contribution in [0.15, 0.2) is 18.2 Å². The normalized spacial score (nSPS) is 12.0. The van der Waals surface area contributed by atoms with Crippen molar-refractivity contribution >= 4 is 5.91 Å². The summed E-state index contributed by atoms with van der Waals surface area (Å²) in [6.45, 7) is 3.95. The first-order valence-corrected chi connectivity index (χ1v) is 6.28. The van der Waals surface area contributed by atoms with E-state index in [1.807, 2.05) is 26.0 Å². The number of hydrogen-bond acceptors (Lipinski definition) is 4. The molecule has 0 aromatic heterocycles. The van der Waals surface area contributed by atoms with E-state index in [1.165, 1.54) is 0 Å². The second kappa shape index (κ2) is 7.76. The number of rotatable bonds is 7. The lowest BCUT2D eigenvalue weighted by atomic mass is 10.1. The van der Waals surface area contributed by atoms with Crippen LogP contribution in [-0.4, -0.2) is 42.0 Å². The highest BCUT2D eigenvalue weighted by molar-refractivity contribution is 5.76. The summed E-state index contributed by atoms with van der Waals surface area (Å²) < 4.78 is 5.50. The van der Waals surface area contributed by atoms with Crippen molar-refractivity contribution in [2.24, 2.45) is 0 Å². The fourth-order valence-corrected chi connectivity index (χ4v) is 1.66. The van der Waals surface area contributed by atoms with E-state index in [1.54, 1.807) is 0 Å². The van der Waals surface area contributed by atoms with Crippen molar-refractivity contribution in [3.05, 3.63) is 29.3 Å². The maximum atomic E-state index is 11.4. The molecular formula is C14H21NO4. The predicted molar refractivity (Wildman–Crippen MR) is 72.1 cm³/mol. The molecule has 0 aliphatic carbocycles. The summed E-state index contributed by atoms with van der Waals surface area (Å²) in [5.41, 5.74) is 2.23. The molecule has 3 N–H and O–H groups in total. The van der Waals surface area contributed by atoms with Gasteiger partial charge in [-0.3, -0.25) is 4.79 Å². The lowest BCUT2D eigenvalue weighted by Crippen LogP contribution is -2.34. The third-order valence-corrected chi connectivity index (χ3v) is 2.54. The first kappa shape index (κ1) is 15.5. The summed E-state index contributed by atoms with van der Waals surface area (Å²) in [5, 5.41) is 20.2. The smallest absolute Gasteiger partial charge is 0.223 e. The molecule has 106 valence electrons. The number of benzene rings is 1. The second-order valence-electron chi connectivity index (χ2n) is 4.56. The minimum Gasteiger partial charge on any atom is -0.493 e. The Morgan fingerprint density at radius 2 is 1.95 bits per heavy atom. The number of ether oxygens (including phenoxy) is 1. The van der Waals surface area contributed by atoms with Crippen molar-refractivity contribution in [1.29, 1.82) is 0 Å². The van der Waals surface area contributed by atoms with Gasteiger partial charge >= 0.3 is 0 Å². The van der Waals surface area contributed by atoms with Crippen LogP contribution in [0.25, 0.3) is 0 Å². The Kier molecular flexibility index (Phi) is 6.32. The van der Waals surface area contributed by atoms with Gasteiger partial charge in [0, 0.05) is 6.54 Å². The fraction of sp³-hybridized carbons (Fsp3) is 0.500. The van der Waals surface area contributed by atoms with E-state index in [0.717, 1.165) is 16.9 Å². The maximum absolute atomic E-state index is 11.4. The van der Waals surface area contributed by atoms with Gasteiger partial charge < -0.3 is 20.3 Å². The van der Waals surface area contributed by atoms with Crippen molar-refractivity contribution in [3.8, 4) is 5.75 Å². The Bertz CT molecular complexity index is 400. The Balaban J connectivity index is 2.28. The van der Waals surface area contributed by atoms with Crippen molar-refractivity contribution in [3.63, 3.8) is 0 Å². The molecular weight excluding hydrogens is 246 g/mol. The average molecular weight is 267 g/mol. The molecule has 0 aliphatic heterocycles. The van der Waals surface area contributed by atoms with Crippen LogP contribution in [0, 0.1) is 13.8 Å². The Morgan fingerprint density at radius 3 is 2.53 bits per heavy atom. The molecule has 5 nitrogen and oxygen atoms in total. The summed E-state index contributed by atoms with van der Waals surface area (Å²) in [5.74, 6) is 0.539. The van der Waals surface area contributed by atoms with Gasteiger partial charge in [-0.2, -0.15) is 0 Å². The van der Waals surface area contributed by atoms with E-state index in [9.17, 15) is 4.79 Å². The molecule has 1 aromatic rings. The molecule has 1 rings (SSSR count). The van der Waals surface area contributed by atoms with E-state index in [-0.39, 0.29) is 32.1 Å². The van der Waals surface area contributed by atoms with Gasteiger partial charge in [0.25, 0.3) is 0 Å². The largest absolute Gasteiger partial charge is 0.493 e. The van der Waals surface area contributed by atoms with E-state index >= 15 is 0 Å². The molecule has 5 heteroatoms.